The number of carbonyl (C=O) groups excluding carboxylic acids is 1. The predicted molar refractivity (Wildman–Crippen MR) is 102 cm³/mol. The van der Waals surface area contributed by atoms with Gasteiger partial charge in [0.25, 0.3) is 6.43 Å². The summed E-state index contributed by atoms with van der Waals surface area (Å²) in [5.74, 6) is 4.81. The molecule has 2 aromatic rings. The van der Waals surface area contributed by atoms with Crippen molar-refractivity contribution in [2.75, 3.05) is 13.2 Å². The van der Waals surface area contributed by atoms with Crippen LogP contribution in [-0.2, 0) is 6.54 Å². The van der Waals surface area contributed by atoms with Gasteiger partial charge in [0.15, 0.2) is 0 Å². The molecule has 5 nitrogen and oxygen atoms in total. The molecule has 0 bridgehead atoms. The first-order chi connectivity index (χ1) is 13.2. The average molecular weight is 436 g/mol. The lowest BCUT2D eigenvalue weighted by molar-refractivity contribution is 0.0822. The molecule has 0 spiro atoms. The second kappa shape index (κ2) is 9.86. The summed E-state index contributed by atoms with van der Waals surface area (Å²) in [6.45, 7) is 1.04. The lowest BCUT2D eigenvalue weighted by Gasteiger charge is -2.16. The van der Waals surface area contributed by atoms with Crippen LogP contribution in [0.5, 0.6) is 5.75 Å². The van der Waals surface area contributed by atoms with E-state index < -0.39 is 24.9 Å². The molecule has 0 saturated heterocycles. The van der Waals surface area contributed by atoms with E-state index in [4.69, 9.17) is 33.8 Å². The maximum atomic E-state index is 14.5. The van der Waals surface area contributed by atoms with E-state index in [1.807, 2.05) is 0 Å². The number of hydrazine groups is 1. The fraction of sp³-hybridized carbons (Fsp3) is 0.278. The highest BCUT2D eigenvalue weighted by molar-refractivity contribution is 6.36. The van der Waals surface area contributed by atoms with Crippen LogP contribution >= 0.6 is 23.2 Å². The molecule has 2 aromatic carbocycles. The van der Waals surface area contributed by atoms with E-state index >= 15 is 0 Å². The van der Waals surface area contributed by atoms with Crippen molar-refractivity contribution in [3.8, 4) is 16.9 Å². The zero-order valence-electron chi connectivity index (χ0n) is 14.8. The third-order valence-corrected chi connectivity index (χ3v) is 4.26. The number of hydrogen-bond donors (Lipinski definition) is 2. The van der Waals surface area contributed by atoms with Crippen LogP contribution in [0.1, 0.15) is 12.5 Å². The largest absolute Gasteiger partial charge is 0.485 e. The number of rotatable bonds is 7. The average Bonchev–Trinajstić information content (AvgIpc) is 2.64. The fourth-order valence-electron chi connectivity index (χ4n) is 2.34. The second-order valence-electron chi connectivity index (χ2n) is 5.72. The topological polar surface area (TPSA) is 67.6 Å². The minimum atomic E-state index is -2.70. The maximum Gasteiger partial charge on any atom is 0.331 e. The van der Waals surface area contributed by atoms with Crippen molar-refractivity contribution in [2.24, 2.45) is 5.84 Å². The molecule has 0 heterocycles. The Bertz CT molecular complexity index is 853. The zero-order valence-corrected chi connectivity index (χ0v) is 16.3. The van der Waals surface area contributed by atoms with Gasteiger partial charge in [-0.2, -0.15) is 0 Å². The van der Waals surface area contributed by atoms with Crippen LogP contribution in [0.25, 0.3) is 11.1 Å². The smallest absolute Gasteiger partial charge is 0.331 e. The van der Waals surface area contributed by atoms with Crippen LogP contribution < -0.4 is 15.9 Å². The summed E-state index contributed by atoms with van der Waals surface area (Å²) in [7, 11) is 0. The van der Waals surface area contributed by atoms with Crippen molar-refractivity contribution in [2.45, 2.75) is 19.9 Å². The van der Waals surface area contributed by atoms with Gasteiger partial charge in [0.05, 0.1) is 5.02 Å². The predicted octanol–water partition coefficient (Wildman–Crippen LogP) is 4.85. The highest BCUT2D eigenvalue weighted by atomic mass is 35.5. The molecule has 152 valence electrons. The van der Waals surface area contributed by atoms with Crippen LogP contribution in [0.4, 0.5) is 18.0 Å². The molecular formula is C18H18Cl2F3N3O2. The van der Waals surface area contributed by atoms with Gasteiger partial charge >= 0.3 is 6.03 Å². The molecule has 0 aliphatic carbocycles. The summed E-state index contributed by atoms with van der Waals surface area (Å²) in [5, 5.41) is 3.70. The fourth-order valence-corrected chi connectivity index (χ4v) is 2.89. The van der Waals surface area contributed by atoms with E-state index in [9.17, 15) is 18.0 Å². The summed E-state index contributed by atoms with van der Waals surface area (Å²) >= 11 is 12.0. The van der Waals surface area contributed by atoms with E-state index in [0.717, 1.165) is 5.01 Å². The SMILES string of the molecule is CCN(N)C(=O)NCc1ccc(-c2cc(Cl)cc(Cl)c2OCC(F)F)cc1F. The quantitative estimate of drug-likeness (QED) is 0.371. The highest BCUT2D eigenvalue weighted by Crippen LogP contribution is 2.39. The van der Waals surface area contributed by atoms with Crippen LogP contribution in [0.15, 0.2) is 30.3 Å². The Hall–Kier alpha value is -2.16. The molecular weight excluding hydrogens is 418 g/mol. The molecule has 0 aliphatic heterocycles. The molecule has 2 rings (SSSR count). The first kappa shape index (κ1) is 22.1. The normalized spacial score (nSPS) is 10.9. The number of amides is 2. The molecule has 0 saturated carbocycles. The lowest BCUT2D eigenvalue weighted by atomic mass is 10.0. The molecule has 0 aliphatic rings. The first-order valence-corrected chi connectivity index (χ1v) is 8.97. The van der Waals surface area contributed by atoms with Crippen LogP contribution in [-0.4, -0.2) is 30.6 Å². The van der Waals surface area contributed by atoms with Crippen molar-refractivity contribution in [3.05, 3.63) is 51.8 Å². The van der Waals surface area contributed by atoms with Gasteiger partial charge in [0, 0.05) is 29.2 Å². The van der Waals surface area contributed by atoms with Crippen LogP contribution in [0.2, 0.25) is 10.0 Å². The molecule has 2 amide bonds. The Balaban J connectivity index is 2.29. The van der Waals surface area contributed by atoms with Crippen molar-refractivity contribution in [1.82, 2.24) is 10.3 Å². The lowest BCUT2D eigenvalue weighted by Crippen LogP contribution is -2.44. The molecule has 0 fully saturated rings. The van der Waals surface area contributed by atoms with E-state index in [0.29, 0.717) is 12.1 Å². The molecule has 0 unspecified atom stereocenters. The number of benzene rings is 2. The summed E-state index contributed by atoms with van der Waals surface area (Å²) in [5.41, 5.74) is 0.812. The number of halogens is 5. The van der Waals surface area contributed by atoms with Gasteiger partial charge in [0.2, 0.25) is 0 Å². The van der Waals surface area contributed by atoms with Gasteiger partial charge in [-0.3, -0.25) is 5.01 Å². The number of alkyl halides is 2. The Morgan fingerprint density at radius 3 is 2.61 bits per heavy atom. The molecule has 0 radical (unpaired) electrons. The third kappa shape index (κ3) is 5.67. The van der Waals surface area contributed by atoms with Crippen molar-refractivity contribution < 1.29 is 22.7 Å². The standard InChI is InChI=1S/C18H18Cl2F3N3O2/c1-2-26(24)18(27)25-8-11-4-3-10(5-15(11)21)13-6-12(19)7-14(20)17(13)28-9-16(22)23/h3-7,16H,2,8-9,24H2,1H3,(H,25,27). The summed E-state index contributed by atoms with van der Waals surface area (Å²) < 4.78 is 44.6. The van der Waals surface area contributed by atoms with E-state index in [1.54, 1.807) is 13.0 Å². The first-order valence-electron chi connectivity index (χ1n) is 8.21. The molecule has 28 heavy (non-hydrogen) atoms. The Kier molecular flexibility index (Phi) is 7.79. The van der Waals surface area contributed by atoms with Crippen molar-refractivity contribution in [1.29, 1.82) is 0 Å². The molecule has 0 atom stereocenters. The van der Waals surface area contributed by atoms with E-state index in [-0.39, 0.29) is 33.5 Å². The monoisotopic (exact) mass is 435 g/mol. The van der Waals surface area contributed by atoms with Gasteiger partial charge < -0.3 is 10.1 Å². The number of nitrogens with zero attached hydrogens (tertiary/aromatic N) is 1. The van der Waals surface area contributed by atoms with E-state index in [1.165, 1.54) is 24.3 Å². The molecule has 10 heteroatoms. The Morgan fingerprint density at radius 1 is 1.29 bits per heavy atom. The van der Waals surface area contributed by atoms with Crippen LogP contribution in [0, 0.1) is 5.82 Å². The van der Waals surface area contributed by atoms with Gasteiger partial charge in [0.1, 0.15) is 18.2 Å². The highest BCUT2D eigenvalue weighted by Gasteiger charge is 2.17. The summed E-state index contributed by atoms with van der Waals surface area (Å²) in [4.78, 5) is 11.7. The van der Waals surface area contributed by atoms with Gasteiger partial charge in [-0.05, 0) is 30.7 Å². The third-order valence-electron chi connectivity index (χ3n) is 3.76. The van der Waals surface area contributed by atoms with Crippen molar-refractivity contribution in [3.63, 3.8) is 0 Å². The van der Waals surface area contributed by atoms with Gasteiger partial charge in [-0.15, -0.1) is 0 Å². The number of hydrogen-bond acceptors (Lipinski definition) is 3. The number of urea groups is 1. The van der Waals surface area contributed by atoms with Crippen LogP contribution in [0.3, 0.4) is 0 Å². The summed E-state index contributed by atoms with van der Waals surface area (Å²) in [6.07, 6.45) is -2.70. The Morgan fingerprint density at radius 2 is 2.00 bits per heavy atom. The number of nitrogens with one attached hydrogen (secondary N) is 1. The molecule has 3 N–H and O–H groups in total. The number of ether oxygens (including phenoxy) is 1. The molecule has 0 aromatic heterocycles. The number of nitrogens with two attached hydrogens (primary N) is 1. The van der Waals surface area contributed by atoms with E-state index in [2.05, 4.69) is 5.32 Å². The second-order valence-corrected chi connectivity index (χ2v) is 6.56. The van der Waals surface area contributed by atoms with Gasteiger partial charge in [-0.25, -0.2) is 23.8 Å². The maximum absolute atomic E-state index is 14.5. The van der Waals surface area contributed by atoms with Crippen molar-refractivity contribution >= 4 is 29.2 Å². The summed E-state index contributed by atoms with van der Waals surface area (Å²) in [6, 6.07) is 6.41. The number of carbonyl (C=O) groups is 1. The minimum absolute atomic E-state index is 0.0199. The Labute approximate surface area is 170 Å². The van der Waals surface area contributed by atoms with Gasteiger partial charge in [-0.1, -0.05) is 35.3 Å². The zero-order chi connectivity index (χ0) is 20.8. The minimum Gasteiger partial charge on any atom is -0.485 e.